The lowest BCUT2D eigenvalue weighted by Gasteiger charge is -2.15. The Balaban J connectivity index is 2.04. The summed E-state index contributed by atoms with van der Waals surface area (Å²) in [4.78, 5) is 7.93. The number of nitrogens with two attached hydrogens (primary N) is 1. The summed E-state index contributed by atoms with van der Waals surface area (Å²) in [7, 11) is 1.90. The van der Waals surface area contributed by atoms with Gasteiger partial charge in [0.15, 0.2) is 0 Å². The first-order valence-corrected chi connectivity index (χ1v) is 5.57. The van der Waals surface area contributed by atoms with E-state index in [4.69, 9.17) is 5.73 Å². The fourth-order valence-electron chi connectivity index (χ4n) is 2.24. The van der Waals surface area contributed by atoms with Crippen LogP contribution in [0.2, 0.25) is 0 Å². The summed E-state index contributed by atoms with van der Waals surface area (Å²) in [5.74, 6) is 0.885. The molecule has 2 heterocycles. The predicted molar refractivity (Wildman–Crippen MR) is 60.7 cm³/mol. The third-order valence-electron chi connectivity index (χ3n) is 3.08. The third-order valence-corrected chi connectivity index (χ3v) is 3.08. The summed E-state index contributed by atoms with van der Waals surface area (Å²) < 4.78 is 1.77. The topological polar surface area (TPSA) is 72.5 Å². The fraction of sp³-hybridized carbons (Fsp3) is 0.455. The zero-order chi connectivity index (χ0) is 11.1. The highest BCUT2D eigenvalue weighted by molar-refractivity contribution is 5.53. The lowest BCUT2D eigenvalue weighted by atomic mass is 9.97. The molecule has 0 aromatic carbocycles. The molecule has 0 amide bonds. The molecule has 5 nitrogen and oxygen atoms in total. The Bertz CT molecular complexity index is 510. The standard InChI is InChI=1S/C11H15N5/c1-16-6-7(5-13-16)11-14-9-4-2-3-8(12)10(9)15-11/h5-6,8H,2-4,12H2,1H3,(H,14,15). The second-order valence-electron chi connectivity index (χ2n) is 4.35. The van der Waals surface area contributed by atoms with Crippen LogP contribution in [0, 0.1) is 0 Å². The molecule has 0 spiro atoms. The van der Waals surface area contributed by atoms with Gasteiger partial charge in [-0.2, -0.15) is 5.10 Å². The van der Waals surface area contributed by atoms with Crippen molar-refractivity contribution in [3.8, 4) is 11.4 Å². The summed E-state index contributed by atoms with van der Waals surface area (Å²) >= 11 is 0. The minimum Gasteiger partial charge on any atom is -0.341 e. The number of rotatable bonds is 1. The summed E-state index contributed by atoms with van der Waals surface area (Å²) in [5.41, 5.74) is 9.28. The van der Waals surface area contributed by atoms with Crippen LogP contribution in [0.15, 0.2) is 12.4 Å². The Labute approximate surface area is 93.7 Å². The van der Waals surface area contributed by atoms with Crippen molar-refractivity contribution in [2.45, 2.75) is 25.3 Å². The molecule has 1 unspecified atom stereocenters. The molecule has 2 aromatic rings. The Morgan fingerprint density at radius 3 is 3.12 bits per heavy atom. The fourth-order valence-corrected chi connectivity index (χ4v) is 2.24. The number of nitrogens with one attached hydrogen (secondary N) is 1. The van der Waals surface area contributed by atoms with E-state index in [9.17, 15) is 0 Å². The van der Waals surface area contributed by atoms with Gasteiger partial charge in [0.1, 0.15) is 5.82 Å². The maximum absolute atomic E-state index is 6.04. The van der Waals surface area contributed by atoms with Crippen LogP contribution in [0.1, 0.15) is 30.3 Å². The van der Waals surface area contributed by atoms with Crippen molar-refractivity contribution in [3.63, 3.8) is 0 Å². The number of hydrogen-bond acceptors (Lipinski definition) is 3. The SMILES string of the molecule is Cn1cc(-c2nc3c([nH]2)CCCC3N)cn1. The molecule has 0 radical (unpaired) electrons. The van der Waals surface area contributed by atoms with Crippen LogP contribution in [0.3, 0.4) is 0 Å². The minimum absolute atomic E-state index is 0.0884. The Morgan fingerprint density at radius 2 is 2.44 bits per heavy atom. The highest BCUT2D eigenvalue weighted by Gasteiger charge is 2.21. The van der Waals surface area contributed by atoms with Crippen LogP contribution >= 0.6 is 0 Å². The number of aryl methyl sites for hydroxylation is 2. The van der Waals surface area contributed by atoms with Gasteiger partial charge in [-0.05, 0) is 19.3 Å². The molecule has 0 saturated carbocycles. The van der Waals surface area contributed by atoms with Crippen LogP contribution < -0.4 is 5.73 Å². The number of imidazole rings is 1. The normalized spacial score (nSPS) is 19.8. The van der Waals surface area contributed by atoms with E-state index < -0.39 is 0 Å². The molecule has 1 aliphatic carbocycles. The largest absolute Gasteiger partial charge is 0.341 e. The maximum Gasteiger partial charge on any atom is 0.141 e. The quantitative estimate of drug-likeness (QED) is 0.752. The van der Waals surface area contributed by atoms with Crippen LogP contribution in [0.25, 0.3) is 11.4 Å². The van der Waals surface area contributed by atoms with Crippen LogP contribution in [-0.4, -0.2) is 19.7 Å². The van der Waals surface area contributed by atoms with E-state index in [0.29, 0.717) is 0 Å². The predicted octanol–water partition coefficient (Wildman–Crippen LogP) is 1.15. The molecular formula is C11H15N5. The molecule has 16 heavy (non-hydrogen) atoms. The second kappa shape index (κ2) is 3.45. The summed E-state index contributed by atoms with van der Waals surface area (Å²) in [6.07, 6.45) is 7.00. The van der Waals surface area contributed by atoms with Gasteiger partial charge in [-0.25, -0.2) is 4.98 Å². The number of H-pyrrole nitrogens is 1. The Hall–Kier alpha value is -1.62. The van der Waals surface area contributed by atoms with Gasteiger partial charge in [-0.1, -0.05) is 0 Å². The molecule has 0 aliphatic heterocycles. The molecule has 0 bridgehead atoms. The lowest BCUT2D eigenvalue weighted by molar-refractivity contribution is 0.555. The average molecular weight is 217 g/mol. The van der Waals surface area contributed by atoms with Crippen molar-refractivity contribution in [2.75, 3.05) is 0 Å². The van der Waals surface area contributed by atoms with Crippen molar-refractivity contribution in [1.82, 2.24) is 19.7 Å². The molecule has 3 rings (SSSR count). The highest BCUT2D eigenvalue weighted by Crippen LogP contribution is 2.28. The van der Waals surface area contributed by atoms with E-state index in [0.717, 1.165) is 36.3 Å². The van der Waals surface area contributed by atoms with E-state index in [1.807, 2.05) is 19.4 Å². The van der Waals surface area contributed by atoms with E-state index in [2.05, 4.69) is 15.1 Å². The van der Waals surface area contributed by atoms with Crippen LogP contribution in [-0.2, 0) is 13.5 Å². The van der Waals surface area contributed by atoms with Gasteiger partial charge < -0.3 is 10.7 Å². The number of fused-ring (bicyclic) bond motifs is 1. The lowest BCUT2D eigenvalue weighted by Crippen LogP contribution is -2.17. The molecule has 0 fully saturated rings. The van der Waals surface area contributed by atoms with Crippen LogP contribution in [0.4, 0.5) is 0 Å². The summed E-state index contributed by atoms with van der Waals surface area (Å²) in [5, 5.41) is 4.14. The Morgan fingerprint density at radius 1 is 1.56 bits per heavy atom. The first-order chi connectivity index (χ1) is 7.74. The van der Waals surface area contributed by atoms with Crippen molar-refractivity contribution in [1.29, 1.82) is 0 Å². The molecule has 1 atom stereocenters. The molecule has 84 valence electrons. The molecule has 5 heteroatoms. The van der Waals surface area contributed by atoms with Gasteiger partial charge in [0.05, 0.1) is 17.5 Å². The van der Waals surface area contributed by atoms with Crippen molar-refractivity contribution in [3.05, 3.63) is 23.8 Å². The van der Waals surface area contributed by atoms with Crippen molar-refractivity contribution in [2.24, 2.45) is 12.8 Å². The van der Waals surface area contributed by atoms with Gasteiger partial charge in [0.25, 0.3) is 0 Å². The van der Waals surface area contributed by atoms with Crippen molar-refractivity contribution >= 4 is 0 Å². The maximum atomic E-state index is 6.04. The average Bonchev–Trinajstić information content (AvgIpc) is 2.84. The first-order valence-electron chi connectivity index (χ1n) is 5.57. The minimum atomic E-state index is 0.0884. The van der Waals surface area contributed by atoms with E-state index in [1.54, 1.807) is 4.68 Å². The molecule has 2 aromatic heterocycles. The monoisotopic (exact) mass is 217 g/mol. The van der Waals surface area contributed by atoms with E-state index in [-0.39, 0.29) is 6.04 Å². The van der Waals surface area contributed by atoms with Gasteiger partial charge in [-0.3, -0.25) is 4.68 Å². The zero-order valence-corrected chi connectivity index (χ0v) is 9.27. The molecule has 1 aliphatic rings. The van der Waals surface area contributed by atoms with E-state index >= 15 is 0 Å². The Kier molecular flexibility index (Phi) is 2.07. The van der Waals surface area contributed by atoms with Gasteiger partial charge >= 0.3 is 0 Å². The number of hydrogen-bond donors (Lipinski definition) is 2. The smallest absolute Gasteiger partial charge is 0.141 e. The summed E-state index contributed by atoms with van der Waals surface area (Å²) in [6, 6.07) is 0.0884. The highest BCUT2D eigenvalue weighted by atomic mass is 15.2. The zero-order valence-electron chi connectivity index (χ0n) is 9.27. The van der Waals surface area contributed by atoms with Gasteiger partial charge in [0.2, 0.25) is 0 Å². The number of aromatic amines is 1. The van der Waals surface area contributed by atoms with Crippen LogP contribution in [0.5, 0.6) is 0 Å². The van der Waals surface area contributed by atoms with Crippen molar-refractivity contribution < 1.29 is 0 Å². The molecular weight excluding hydrogens is 202 g/mol. The van der Waals surface area contributed by atoms with E-state index in [1.165, 1.54) is 5.69 Å². The third kappa shape index (κ3) is 1.44. The molecule has 3 N–H and O–H groups in total. The first kappa shape index (κ1) is 9.59. The summed E-state index contributed by atoms with van der Waals surface area (Å²) in [6.45, 7) is 0. The molecule has 0 saturated heterocycles. The van der Waals surface area contributed by atoms with Gasteiger partial charge in [0, 0.05) is 25.0 Å². The number of nitrogens with zero attached hydrogens (tertiary/aromatic N) is 3. The van der Waals surface area contributed by atoms with Gasteiger partial charge in [-0.15, -0.1) is 0 Å². The number of aromatic nitrogens is 4. The second-order valence-corrected chi connectivity index (χ2v) is 4.35.